The molecule has 0 aromatic heterocycles. The molecular weight excluding hydrogens is 442 g/mol. The highest BCUT2D eigenvalue weighted by molar-refractivity contribution is 5.94. The molecule has 1 saturated carbocycles. The topological polar surface area (TPSA) is 49.3 Å². The zero-order valence-corrected chi connectivity index (χ0v) is 23.2. The SMILES string of the molecule is C[C@H](CCCNC(=O)c1ccccc1)[C@H]1CC=C2C3=C(CC[C@@]21C)[C@@]1(C)CCC(O)C(C)(C)[C@@H]1CC3. The van der Waals surface area contributed by atoms with Gasteiger partial charge in [0.1, 0.15) is 0 Å². The highest BCUT2D eigenvalue weighted by atomic mass is 16.3. The zero-order valence-electron chi connectivity index (χ0n) is 23.2. The Labute approximate surface area is 218 Å². The molecule has 3 heteroatoms. The fourth-order valence-corrected chi connectivity index (χ4v) is 9.10. The first kappa shape index (κ1) is 25.8. The number of hydrogen-bond donors (Lipinski definition) is 2. The summed E-state index contributed by atoms with van der Waals surface area (Å²) < 4.78 is 0. The van der Waals surface area contributed by atoms with E-state index in [4.69, 9.17) is 0 Å². The van der Waals surface area contributed by atoms with Crippen molar-refractivity contribution in [2.75, 3.05) is 6.54 Å². The predicted octanol–water partition coefficient (Wildman–Crippen LogP) is 7.47. The Kier molecular flexibility index (Phi) is 6.77. The lowest BCUT2D eigenvalue weighted by molar-refractivity contribution is -0.0905. The molecule has 0 aliphatic heterocycles. The molecule has 0 spiro atoms. The van der Waals surface area contributed by atoms with Crippen molar-refractivity contribution in [3.8, 4) is 0 Å². The van der Waals surface area contributed by atoms with Crippen LogP contribution in [0.3, 0.4) is 0 Å². The number of allylic oxidation sites excluding steroid dienone is 4. The van der Waals surface area contributed by atoms with Crippen LogP contribution in [-0.4, -0.2) is 23.7 Å². The van der Waals surface area contributed by atoms with Gasteiger partial charge in [-0.05, 0) is 115 Å². The molecule has 3 nitrogen and oxygen atoms in total. The molecule has 0 radical (unpaired) electrons. The summed E-state index contributed by atoms with van der Waals surface area (Å²) >= 11 is 0. The van der Waals surface area contributed by atoms with Gasteiger partial charge in [-0.3, -0.25) is 4.79 Å². The maximum Gasteiger partial charge on any atom is 0.251 e. The summed E-state index contributed by atoms with van der Waals surface area (Å²) in [6, 6.07) is 9.53. The van der Waals surface area contributed by atoms with Gasteiger partial charge in [0, 0.05) is 12.1 Å². The van der Waals surface area contributed by atoms with Crippen LogP contribution in [0.25, 0.3) is 0 Å². The summed E-state index contributed by atoms with van der Waals surface area (Å²) in [7, 11) is 0. The first-order chi connectivity index (χ1) is 17.1. The van der Waals surface area contributed by atoms with E-state index >= 15 is 0 Å². The fraction of sp³-hybridized carbons (Fsp3) is 0.667. The second kappa shape index (κ2) is 9.46. The van der Waals surface area contributed by atoms with Crippen molar-refractivity contribution in [1.29, 1.82) is 0 Å². The van der Waals surface area contributed by atoms with E-state index in [0.29, 0.717) is 23.2 Å². The number of aliphatic hydroxyl groups is 1. The summed E-state index contributed by atoms with van der Waals surface area (Å²) in [5.74, 6) is 1.96. The van der Waals surface area contributed by atoms with Crippen LogP contribution in [0.5, 0.6) is 0 Å². The number of rotatable bonds is 6. The maximum absolute atomic E-state index is 12.4. The van der Waals surface area contributed by atoms with Crippen molar-refractivity contribution >= 4 is 5.91 Å². The van der Waals surface area contributed by atoms with Crippen molar-refractivity contribution in [3.05, 3.63) is 58.7 Å². The molecule has 1 amide bonds. The molecule has 4 aliphatic rings. The summed E-state index contributed by atoms with van der Waals surface area (Å²) in [6.07, 6.45) is 12.8. The molecular formula is C33H47NO2. The van der Waals surface area contributed by atoms with Gasteiger partial charge in [-0.25, -0.2) is 0 Å². The van der Waals surface area contributed by atoms with Gasteiger partial charge in [-0.2, -0.15) is 0 Å². The summed E-state index contributed by atoms with van der Waals surface area (Å²) in [5.41, 5.74) is 6.43. The second-order valence-electron chi connectivity index (χ2n) is 13.5. The standard InChI is InChI=1S/C33H47NO2/c1-22(10-9-21-34-30(36)23-11-7-6-8-12-23)25-14-15-26-24-13-16-28-31(2,3)29(35)18-20-33(28,5)27(24)17-19-32(25,26)4/h6-8,11-12,15,22,25,28-29,35H,9-10,13-14,16-21H2,1-5H3,(H,34,36)/t22-,25-,28+,29?,32-,33-/m1/s1. The number of carbonyl (C=O) groups is 1. The molecule has 36 heavy (non-hydrogen) atoms. The van der Waals surface area contributed by atoms with E-state index in [1.807, 2.05) is 30.3 Å². The molecule has 4 aliphatic carbocycles. The van der Waals surface area contributed by atoms with Gasteiger partial charge in [0.05, 0.1) is 6.10 Å². The van der Waals surface area contributed by atoms with Gasteiger partial charge in [0.15, 0.2) is 0 Å². The Balaban J connectivity index is 1.24. The van der Waals surface area contributed by atoms with Crippen molar-refractivity contribution in [2.45, 2.75) is 98.5 Å². The van der Waals surface area contributed by atoms with E-state index in [9.17, 15) is 9.90 Å². The maximum atomic E-state index is 12.4. The lowest BCUT2D eigenvalue weighted by atomic mass is 9.46. The lowest BCUT2D eigenvalue weighted by Gasteiger charge is -2.59. The van der Waals surface area contributed by atoms with Crippen LogP contribution in [0.4, 0.5) is 0 Å². The number of benzene rings is 1. The molecule has 0 saturated heterocycles. The van der Waals surface area contributed by atoms with E-state index in [2.05, 4.69) is 46.0 Å². The van der Waals surface area contributed by atoms with E-state index in [1.165, 1.54) is 32.1 Å². The summed E-state index contributed by atoms with van der Waals surface area (Å²) in [4.78, 5) is 12.4. The number of aliphatic hydroxyl groups excluding tert-OH is 1. The third kappa shape index (κ3) is 4.10. The highest BCUT2D eigenvalue weighted by Gasteiger charge is 2.57. The smallest absolute Gasteiger partial charge is 0.251 e. The van der Waals surface area contributed by atoms with Gasteiger partial charge in [-0.1, -0.05) is 64.5 Å². The van der Waals surface area contributed by atoms with E-state index in [-0.39, 0.29) is 22.8 Å². The molecule has 5 rings (SSSR count). The third-order valence-electron chi connectivity index (χ3n) is 11.3. The monoisotopic (exact) mass is 489 g/mol. The highest BCUT2D eigenvalue weighted by Crippen LogP contribution is 2.66. The number of hydrogen-bond acceptors (Lipinski definition) is 2. The minimum absolute atomic E-state index is 0.00329. The Bertz CT molecular complexity index is 1050. The summed E-state index contributed by atoms with van der Waals surface area (Å²) in [5, 5.41) is 13.9. The van der Waals surface area contributed by atoms with Crippen molar-refractivity contribution in [3.63, 3.8) is 0 Å². The largest absolute Gasteiger partial charge is 0.393 e. The molecule has 196 valence electrons. The van der Waals surface area contributed by atoms with Crippen LogP contribution in [0, 0.1) is 34.0 Å². The predicted molar refractivity (Wildman–Crippen MR) is 148 cm³/mol. The number of fused-ring (bicyclic) bond motifs is 4. The Morgan fingerprint density at radius 2 is 1.81 bits per heavy atom. The van der Waals surface area contributed by atoms with Gasteiger partial charge in [0.25, 0.3) is 5.91 Å². The van der Waals surface area contributed by atoms with Gasteiger partial charge < -0.3 is 10.4 Å². The first-order valence-electron chi connectivity index (χ1n) is 14.5. The molecule has 0 bridgehead atoms. The average Bonchev–Trinajstić information content (AvgIpc) is 3.22. The Morgan fingerprint density at radius 3 is 2.56 bits per heavy atom. The number of nitrogens with one attached hydrogen (secondary N) is 1. The van der Waals surface area contributed by atoms with Crippen molar-refractivity contribution in [2.24, 2.45) is 34.0 Å². The average molecular weight is 490 g/mol. The summed E-state index contributed by atoms with van der Waals surface area (Å²) in [6.45, 7) is 12.9. The molecule has 1 unspecified atom stereocenters. The van der Waals surface area contributed by atoms with Crippen LogP contribution in [0.15, 0.2) is 53.1 Å². The van der Waals surface area contributed by atoms with Crippen LogP contribution in [-0.2, 0) is 0 Å². The molecule has 1 fully saturated rings. The molecule has 6 atom stereocenters. The van der Waals surface area contributed by atoms with Crippen LogP contribution >= 0.6 is 0 Å². The Hall–Kier alpha value is -1.87. The van der Waals surface area contributed by atoms with Gasteiger partial charge in [0.2, 0.25) is 0 Å². The quantitative estimate of drug-likeness (QED) is 0.407. The van der Waals surface area contributed by atoms with Crippen LogP contribution < -0.4 is 5.32 Å². The Morgan fingerprint density at radius 1 is 1.06 bits per heavy atom. The molecule has 2 N–H and O–H groups in total. The van der Waals surface area contributed by atoms with E-state index in [1.54, 1.807) is 16.7 Å². The molecule has 1 aromatic carbocycles. The van der Waals surface area contributed by atoms with Gasteiger partial charge in [-0.15, -0.1) is 0 Å². The minimum Gasteiger partial charge on any atom is -0.393 e. The molecule has 1 aromatic rings. The van der Waals surface area contributed by atoms with E-state index in [0.717, 1.165) is 37.8 Å². The van der Waals surface area contributed by atoms with Crippen molar-refractivity contribution < 1.29 is 9.90 Å². The minimum atomic E-state index is -0.167. The lowest BCUT2D eigenvalue weighted by Crippen LogP contribution is -2.53. The molecule has 0 heterocycles. The fourth-order valence-electron chi connectivity index (χ4n) is 9.10. The zero-order chi connectivity index (χ0) is 25.7. The van der Waals surface area contributed by atoms with Crippen LogP contribution in [0.1, 0.15) is 103 Å². The van der Waals surface area contributed by atoms with E-state index < -0.39 is 0 Å². The van der Waals surface area contributed by atoms with Crippen LogP contribution in [0.2, 0.25) is 0 Å². The van der Waals surface area contributed by atoms with Gasteiger partial charge >= 0.3 is 0 Å². The number of carbonyl (C=O) groups excluding carboxylic acids is 1. The van der Waals surface area contributed by atoms with Crippen molar-refractivity contribution in [1.82, 2.24) is 5.32 Å². The first-order valence-corrected chi connectivity index (χ1v) is 14.5. The number of amides is 1. The second-order valence-corrected chi connectivity index (χ2v) is 13.5. The third-order valence-corrected chi connectivity index (χ3v) is 11.3. The normalized spacial score (nSPS) is 35.8.